The number of ether oxygens (including phenoxy) is 1. The summed E-state index contributed by atoms with van der Waals surface area (Å²) in [6.07, 6.45) is 5.92. The minimum absolute atomic E-state index is 0.105. The lowest BCUT2D eigenvalue weighted by atomic mass is 9.58. The van der Waals surface area contributed by atoms with E-state index in [-0.39, 0.29) is 5.60 Å². The first-order valence-electron chi connectivity index (χ1n) is 8.02. The molecule has 3 saturated heterocycles. The number of aromatic nitrogens is 1. The molecule has 6 rings (SSSR count). The van der Waals surface area contributed by atoms with Crippen LogP contribution in [-0.2, 0) is 6.42 Å². The summed E-state index contributed by atoms with van der Waals surface area (Å²) in [7, 11) is 0. The van der Waals surface area contributed by atoms with Gasteiger partial charge in [-0.25, -0.2) is 0 Å². The third-order valence-electron chi connectivity index (χ3n) is 6.37. The summed E-state index contributed by atoms with van der Waals surface area (Å²) in [5.74, 6) is 3.53. The minimum Gasteiger partial charge on any atom is -0.484 e. The van der Waals surface area contributed by atoms with Gasteiger partial charge in [0.05, 0.1) is 5.69 Å². The van der Waals surface area contributed by atoms with Gasteiger partial charge >= 0.3 is 0 Å². The molecule has 3 heteroatoms. The van der Waals surface area contributed by atoms with Gasteiger partial charge in [0.25, 0.3) is 0 Å². The van der Waals surface area contributed by atoms with Gasteiger partial charge in [-0.3, -0.25) is 4.98 Å². The number of hydrogen-bond donors (Lipinski definition) is 0. The Kier molecular flexibility index (Phi) is 2.06. The maximum absolute atomic E-state index is 6.69. The molecule has 5 aliphatic rings. The van der Waals surface area contributed by atoms with Crippen molar-refractivity contribution in [3.63, 3.8) is 0 Å². The Morgan fingerprint density at radius 3 is 2.60 bits per heavy atom. The molecule has 1 aromatic rings. The van der Waals surface area contributed by atoms with Crippen molar-refractivity contribution >= 4 is 0 Å². The van der Waals surface area contributed by atoms with Crippen LogP contribution in [0.15, 0.2) is 6.20 Å². The molecule has 0 radical (unpaired) electrons. The van der Waals surface area contributed by atoms with Gasteiger partial charge in [-0.05, 0) is 38.2 Å². The molecule has 0 aromatic carbocycles. The summed E-state index contributed by atoms with van der Waals surface area (Å²) in [4.78, 5) is 7.19. The van der Waals surface area contributed by atoms with Gasteiger partial charge in [-0.1, -0.05) is 0 Å². The highest BCUT2D eigenvalue weighted by Crippen LogP contribution is 2.56. The highest BCUT2D eigenvalue weighted by molar-refractivity contribution is 5.47. The molecular formula is C17H22N2O. The summed E-state index contributed by atoms with van der Waals surface area (Å²) < 4.78 is 6.69. The molecule has 0 N–H and O–H groups in total. The zero-order valence-electron chi connectivity index (χ0n) is 12.4. The van der Waals surface area contributed by atoms with E-state index >= 15 is 0 Å². The van der Waals surface area contributed by atoms with Gasteiger partial charge in [-0.15, -0.1) is 0 Å². The van der Waals surface area contributed by atoms with Gasteiger partial charge in [0, 0.05) is 49.7 Å². The van der Waals surface area contributed by atoms with E-state index in [0.717, 1.165) is 35.6 Å². The second-order valence-corrected chi connectivity index (χ2v) is 7.52. The number of fused-ring (bicyclic) bond motifs is 1. The van der Waals surface area contributed by atoms with E-state index in [1.54, 1.807) is 0 Å². The fourth-order valence-electron chi connectivity index (χ4n) is 5.49. The quantitative estimate of drug-likeness (QED) is 0.723. The van der Waals surface area contributed by atoms with Crippen molar-refractivity contribution in [3.8, 4) is 5.75 Å². The lowest BCUT2D eigenvalue weighted by molar-refractivity contribution is -0.158. The number of piperidine rings is 3. The molecule has 0 amide bonds. The summed E-state index contributed by atoms with van der Waals surface area (Å²) in [6.45, 7) is 8.14. The Balaban J connectivity index is 1.61. The van der Waals surface area contributed by atoms with Gasteiger partial charge in [0.1, 0.15) is 11.4 Å². The molecule has 106 valence electrons. The number of nitrogens with zero attached hydrogens (tertiary/aromatic N) is 2. The number of hydrogen-bond acceptors (Lipinski definition) is 3. The first-order valence-corrected chi connectivity index (χ1v) is 8.02. The standard InChI is InChI=1S/C17H22N2O/c1-10-6-18-11(2)16-15(10)5-17(20-16)13-3-12-4-14(17)9-19(7-12)8-13/h6,12-14H,3-5,7-9H2,1-2H3. The fourth-order valence-corrected chi connectivity index (χ4v) is 5.49. The highest BCUT2D eigenvalue weighted by Gasteiger charge is 2.60. The van der Waals surface area contributed by atoms with Crippen LogP contribution >= 0.6 is 0 Å². The van der Waals surface area contributed by atoms with E-state index in [9.17, 15) is 0 Å². The van der Waals surface area contributed by atoms with E-state index < -0.39 is 0 Å². The van der Waals surface area contributed by atoms with Crippen molar-refractivity contribution in [1.82, 2.24) is 9.88 Å². The molecule has 4 bridgehead atoms. The predicted molar refractivity (Wildman–Crippen MR) is 76.9 cm³/mol. The smallest absolute Gasteiger partial charge is 0.144 e. The van der Waals surface area contributed by atoms with E-state index in [4.69, 9.17) is 4.74 Å². The fraction of sp³-hybridized carbons (Fsp3) is 0.706. The predicted octanol–water partition coefficient (Wildman–Crippen LogP) is 2.34. The topological polar surface area (TPSA) is 25.4 Å². The zero-order chi connectivity index (χ0) is 13.5. The van der Waals surface area contributed by atoms with Crippen molar-refractivity contribution in [2.45, 2.75) is 38.7 Å². The molecular weight excluding hydrogens is 248 g/mol. The molecule has 1 aliphatic carbocycles. The average Bonchev–Trinajstić information content (AvgIpc) is 2.83. The second kappa shape index (κ2) is 3.56. The second-order valence-electron chi connectivity index (χ2n) is 7.52. The van der Waals surface area contributed by atoms with Crippen molar-refractivity contribution in [3.05, 3.63) is 23.0 Å². The van der Waals surface area contributed by atoms with Gasteiger partial charge in [0.15, 0.2) is 0 Å². The highest BCUT2D eigenvalue weighted by atomic mass is 16.5. The van der Waals surface area contributed by atoms with E-state index in [1.807, 2.05) is 6.20 Å². The molecule has 5 heterocycles. The number of aryl methyl sites for hydroxylation is 2. The van der Waals surface area contributed by atoms with E-state index in [2.05, 4.69) is 23.7 Å². The van der Waals surface area contributed by atoms with Crippen LogP contribution in [0.5, 0.6) is 5.75 Å². The van der Waals surface area contributed by atoms with Gasteiger partial charge in [-0.2, -0.15) is 0 Å². The molecule has 20 heavy (non-hydrogen) atoms. The van der Waals surface area contributed by atoms with Gasteiger partial charge in [0.2, 0.25) is 0 Å². The van der Waals surface area contributed by atoms with Crippen LogP contribution < -0.4 is 4.74 Å². The Hall–Kier alpha value is -1.09. The maximum Gasteiger partial charge on any atom is 0.144 e. The van der Waals surface area contributed by atoms with Crippen LogP contribution in [0, 0.1) is 31.6 Å². The molecule has 2 unspecified atom stereocenters. The molecule has 1 saturated carbocycles. The molecule has 4 fully saturated rings. The summed E-state index contributed by atoms with van der Waals surface area (Å²) in [5.41, 5.74) is 3.95. The Bertz CT molecular complexity index is 534. The third-order valence-corrected chi connectivity index (χ3v) is 6.37. The Labute approximate surface area is 120 Å². The zero-order valence-corrected chi connectivity index (χ0v) is 12.4. The first-order chi connectivity index (χ1) is 9.65. The van der Waals surface area contributed by atoms with E-state index in [1.165, 1.54) is 43.6 Å². The summed E-state index contributed by atoms with van der Waals surface area (Å²) in [6, 6.07) is 0. The first kappa shape index (κ1) is 11.6. The number of rotatable bonds is 0. The third kappa shape index (κ3) is 1.28. The number of pyridine rings is 1. The van der Waals surface area contributed by atoms with E-state index in [0.29, 0.717) is 0 Å². The lowest BCUT2D eigenvalue weighted by Crippen LogP contribution is -2.68. The van der Waals surface area contributed by atoms with Crippen LogP contribution in [-0.4, -0.2) is 35.1 Å². The molecule has 1 spiro atoms. The van der Waals surface area contributed by atoms with Crippen molar-refractivity contribution < 1.29 is 4.74 Å². The average molecular weight is 270 g/mol. The van der Waals surface area contributed by atoms with Crippen molar-refractivity contribution in [2.75, 3.05) is 19.6 Å². The molecule has 3 nitrogen and oxygen atoms in total. The van der Waals surface area contributed by atoms with Crippen LogP contribution in [0.25, 0.3) is 0 Å². The molecule has 4 aliphatic heterocycles. The van der Waals surface area contributed by atoms with Crippen LogP contribution in [0.2, 0.25) is 0 Å². The largest absolute Gasteiger partial charge is 0.484 e. The van der Waals surface area contributed by atoms with Crippen LogP contribution in [0.4, 0.5) is 0 Å². The lowest BCUT2D eigenvalue weighted by Gasteiger charge is -2.60. The minimum atomic E-state index is 0.105. The SMILES string of the molecule is Cc1cnc(C)c2c1CC1(O2)C2CC3CC1CN(C3)C2. The monoisotopic (exact) mass is 270 g/mol. The molecule has 1 aromatic heterocycles. The van der Waals surface area contributed by atoms with Crippen LogP contribution in [0.3, 0.4) is 0 Å². The Morgan fingerprint density at radius 1 is 1.20 bits per heavy atom. The molecule has 2 atom stereocenters. The Morgan fingerprint density at radius 2 is 1.95 bits per heavy atom. The summed E-state index contributed by atoms with van der Waals surface area (Å²) in [5, 5.41) is 0. The van der Waals surface area contributed by atoms with Crippen LogP contribution in [0.1, 0.15) is 29.7 Å². The normalized spacial score (nSPS) is 43.9. The maximum atomic E-state index is 6.69. The van der Waals surface area contributed by atoms with Crippen molar-refractivity contribution in [2.24, 2.45) is 17.8 Å². The van der Waals surface area contributed by atoms with Crippen molar-refractivity contribution in [1.29, 1.82) is 0 Å². The van der Waals surface area contributed by atoms with Gasteiger partial charge < -0.3 is 9.64 Å². The summed E-state index contributed by atoms with van der Waals surface area (Å²) >= 11 is 0.